The Labute approximate surface area is 151 Å². The molecule has 0 aliphatic heterocycles. The largest absolute Gasteiger partial charge is 0.331 e. The number of alkyl halides is 1. The lowest BCUT2D eigenvalue weighted by molar-refractivity contribution is 0.557. The molecule has 1 heterocycles. The third-order valence-electron chi connectivity index (χ3n) is 4.12. The fourth-order valence-electron chi connectivity index (χ4n) is 2.90. The second kappa shape index (κ2) is 7.53. The van der Waals surface area contributed by atoms with Gasteiger partial charge in [0.25, 0.3) is 0 Å². The van der Waals surface area contributed by atoms with Gasteiger partial charge in [0.15, 0.2) is 0 Å². The topological polar surface area (TPSA) is 39.1 Å². The third kappa shape index (κ3) is 3.42. The van der Waals surface area contributed by atoms with E-state index in [4.69, 9.17) is 0 Å². The van der Waals surface area contributed by atoms with E-state index in [1.807, 2.05) is 34.9 Å². The number of nitrogens with zero attached hydrogens (tertiary/aromatic N) is 1. The fourth-order valence-corrected chi connectivity index (χ4v) is 4.82. The third-order valence-corrected chi connectivity index (χ3v) is 6.46. The van der Waals surface area contributed by atoms with Gasteiger partial charge in [-0.25, -0.2) is 8.42 Å². The summed E-state index contributed by atoms with van der Waals surface area (Å²) in [7, 11) is -3.52. The van der Waals surface area contributed by atoms with Crippen LogP contribution in [0.25, 0.3) is 10.9 Å². The van der Waals surface area contributed by atoms with Gasteiger partial charge in [-0.2, -0.15) is 0 Å². The van der Waals surface area contributed by atoms with E-state index in [-0.39, 0.29) is 0 Å². The lowest BCUT2D eigenvalue weighted by Crippen LogP contribution is -2.10. The molecule has 0 saturated carbocycles. The van der Waals surface area contributed by atoms with Crippen molar-refractivity contribution < 1.29 is 8.42 Å². The van der Waals surface area contributed by atoms with Crippen molar-refractivity contribution in [2.75, 3.05) is 5.33 Å². The fraction of sp³-hybridized carbons (Fsp3) is 0.263. The first-order valence-electron chi connectivity index (χ1n) is 8.09. The van der Waals surface area contributed by atoms with Gasteiger partial charge < -0.3 is 4.57 Å². The van der Waals surface area contributed by atoms with Crippen molar-refractivity contribution in [1.82, 2.24) is 4.57 Å². The smallest absolute Gasteiger partial charge is 0.222 e. The van der Waals surface area contributed by atoms with Crippen LogP contribution in [0.2, 0.25) is 0 Å². The molecule has 5 heteroatoms. The van der Waals surface area contributed by atoms with Crippen LogP contribution in [0.3, 0.4) is 0 Å². The number of aromatic nitrogens is 1. The molecule has 0 amide bonds. The Kier molecular flexibility index (Phi) is 5.41. The zero-order valence-electron chi connectivity index (χ0n) is 13.4. The van der Waals surface area contributed by atoms with Gasteiger partial charge in [0.2, 0.25) is 9.84 Å². The Morgan fingerprint density at radius 3 is 2.33 bits per heavy atom. The molecule has 0 N–H and O–H groups in total. The highest BCUT2D eigenvalue weighted by Crippen LogP contribution is 2.28. The first-order valence-corrected chi connectivity index (χ1v) is 10.7. The molecule has 0 unspecified atom stereocenters. The van der Waals surface area contributed by atoms with Gasteiger partial charge in [0.05, 0.1) is 4.90 Å². The monoisotopic (exact) mass is 405 g/mol. The first kappa shape index (κ1) is 17.2. The van der Waals surface area contributed by atoms with Gasteiger partial charge in [-0.05, 0) is 37.1 Å². The maximum absolute atomic E-state index is 13.1. The summed E-state index contributed by atoms with van der Waals surface area (Å²) in [6.45, 7) is 0.710. The molecule has 0 spiro atoms. The number of unbranched alkanes of at least 4 members (excludes halogenated alkanes) is 2. The summed E-state index contributed by atoms with van der Waals surface area (Å²) in [6.07, 6.45) is 3.13. The highest BCUT2D eigenvalue weighted by molar-refractivity contribution is 9.09. The highest BCUT2D eigenvalue weighted by Gasteiger charge is 2.23. The summed E-state index contributed by atoms with van der Waals surface area (Å²) in [5, 5.41) is 2.33. The average molecular weight is 406 g/mol. The molecule has 126 valence electrons. The Morgan fingerprint density at radius 2 is 1.58 bits per heavy atom. The SMILES string of the molecule is O=S(=O)(c1ccccc1)c1cc2ccccc2n1CCCCCBr. The Morgan fingerprint density at radius 1 is 0.875 bits per heavy atom. The van der Waals surface area contributed by atoms with E-state index in [0.29, 0.717) is 16.5 Å². The molecule has 3 nitrogen and oxygen atoms in total. The molecule has 3 aromatic rings. The van der Waals surface area contributed by atoms with E-state index in [1.54, 1.807) is 30.3 Å². The summed E-state index contributed by atoms with van der Waals surface area (Å²) in [5.41, 5.74) is 0.978. The molecular weight excluding hydrogens is 386 g/mol. The van der Waals surface area contributed by atoms with E-state index in [1.165, 1.54) is 0 Å². The van der Waals surface area contributed by atoms with E-state index in [2.05, 4.69) is 15.9 Å². The zero-order chi connectivity index (χ0) is 17.0. The van der Waals surface area contributed by atoms with Crippen LogP contribution in [0.5, 0.6) is 0 Å². The molecule has 0 aliphatic rings. The van der Waals surface area contributed by atoms with Crippen LogP contribution in [0.4, 0.5) is 0 Å². The van der Waals surface area contributed by atoms with Crippen molar-refractivity contribution in [3.63, 3.8) is 0 Å². The number of hydrogen-bond acceptors (Lipinski definition) is 2. The van der Waals surface area contributed by atoms with Gasteiger partial charge in [0, 0.05) is 22.8 Å². The standard InChI is InChI=1S/C19H20BrNO2S/c20-13-7-2-8-14-21-18-12-6-5-9-16(18)15-19(21)24(22,23)17-10-3-1-4-11-17/h1,3-6,9-12,15H,2,7-8,13-14H2. The highest BCUT2D eigenvalue weighted by atomic mass is 79.9. The normalized spacial score (nSPS) is 11.9. The molecule has 0 saturated heterocycles. The summed E-state index contributed by atoms with van der Waals surface area (Å²) < 4.78 is 28.1. The summed E-state index contributed by atoms with van der Waals surface area (Å²) in [4.78, 5) is 0.342. The van der Waals surface area contributed by atoms with Crippen LogP contribution >= 0.6 is 15.9 Å². The summed E-state index contributed by atoms with van der Waals surface area (Å²) >= 11 is 3.44. The molecule has 0 fully saturated rings. The van der Waals surface area contributed by atoms with Crippen molar-refractivity contribution in [1.29, 1.82) is 0 Å². The lowest BCUT2D eigenvalue weighted by atomic mass is 10.2. The second-order valence-corrected chi connectivity index (χ2v) is 8.45. The van der Waals surface area contributed by atoms with E-state index >= 15 is 0 Å². The molecule has 1 aromatic heterocycles. The number of fused-ring (bicyclic) bond motifs is 1. The summed E-state index contributed by atoms with van der Waals surface area (Å²) in [6, 6.07) is 18.3. The minimum absolute atomic E-state index is 0.342. The molecule has 0 aliphatic carbocycles. The quantitative estimate of drug-likeness (QED) is 0.407. The molecule has 0 bridgehead atoms. The van der Waals surface area contributed by atoms with Gasteiger partial charge in [-0.1, -0.05) is 58.7 Å². The van der Waals surface area contributed by atoms with E-state index in [0.717, 1.165) is 35.5 Å². The molecule has 3 rings (SSSR count). The maximum Gasteiger partial charge on any atom is 0.222 e. The maximum atomic E-state index is 13.1. The molecule has 24 heavy (non-hydrogen) atoms. The number of hydrogen-bond donors (Lipinski definition) is 0. The van der Waals surface area contributed by atoms with Crippen LogP contribution < -0.4 is 0 Å². The minimum Gasteiger partial charge on any atom is -0.331 e. The zero-order valence-corrected chi connectivity index (χ0v) is 15.8. The van der Waals surface area contributed by atoms with Crippen molar-refractivity contribution >= 4 is 36.7 Å². The lowest BCUT2D eigenvalue weighted by Gasteiger charge is -2.11. The van der Waals surface area contributed by atoms with Crippen LogP contribution in [-0.2, 0) is 16.4 Å². The van der Waals surface area contributed by atoms with Crippen molar-refractivity contribution in [2.24, 2.45) is 0 Å². The predicted octanol–water partition coefficient (Wildman–Crippen LogP) is 5.04. The van der Waals surface area contributed by atoms with Crippen molar-refractivity contribution in [2.45, 2.75) is 35.7 Å². The van der Waals surface area contributed by atoms with E-state index < -0.39 is 9.84 Å². The average Bonchev–Trinajstić information content (AvgIpc) is 2.99. The Hall–Kier alpha value is -1.59. The van der Waals surface area contributed by atoms with E-state index in [9.17, 15) is 8.42 Å². The number of halogens is 1. The number of aryl methyl sites for hydroxylation is 1. The number of sulfone groups is 1. The molecule has 2 aromatic carbocycles. The Bertz CT molecular complexity index is 917. The summed E-state index contributed by atoms with van der Waals surface area (Å²) in [5.74, 6) is 0. The van der Waals surface area contributed by atoms with Gasteiger partial charge >= 0.3 is 0 Å². The molecular formula is C19H20BrNO2S. The minimum atomic E-state index is -3.52. The van der Waals surface area contributed by atoms with Gasteiger partial charge in [-0.3, -0.25) is 0 Å². The molecule has 0 radical (unpaired) electrons. The van der Waals surface area contributed by atoms with Crippen LogP contribution in [0.1, 0.15) is 19.3 Å². The number of para-hydroxylation sites is 1. The second-order valence-electron chi connectivity index (χ2n) is 5.76. The van der Waals surface area contributed by atoms with Crippen LogP contribution in [-0.4, -0.2) is 18.3 Å². The Balaban J connectivity index is 2.06. The van der Waals surface area contributed by atoms with Crippen molar-refractivity contribution in [3.05, 3.63) is 60.7 Å². The van der Waals surface area contributed by atoms with Gasteiger partial charge in [-0.15, -0.1) is 0 Å². The number of rotatable bonds is 7. The van der Waals surface area contributed by atoms with Crippen LogP contribution in [0.15, 0.2) is 70.6 Å². The van der Waals surface area contributed by atoms with Gasteiger partial charge in [0.1, 0.15) is 5.03 Å². The number of benzene rings is 2. The first-order chi connectivity index (χ1) is 11.6. The molecule has 0 atom stereocenters. The van der Waals surface area contributed by atoms with Crippen LogP contribution in [0, 0.1) is 0 Å². The van der Waals surface area contributed by atoms with Crippen molar-refractivity contribution in [3.8, 4) is 0 Å². The predicted molar refractivity (Wildman–Crippen MR) is 101 cm³/mol.